The highest BCUT2D eigenvalue weighted by molar-refractivity contribution is 5.69. The maximum Gasteiger partial charge on any atom is 0.305 e. The highest BCUT2D eigenvalue weighted by Gasteiger charge is 2.14. The van der Waals surface area contributed by atoms with Crippen LogP contribution in [0, 0.1) is 5.92 Å². The minimum Gasteiger partial charge on any atom is -0.465 e. The monoisotopic (exact) mass is 639 g/mol. The zero-order valence-corrected chi connectivity index (χ0v) is 30.4. The smallest absolute Gasteiger partial charge is 0.305 e. The van der Waals surface area contributed by atoms with E-state index >= 15 is 0 Å². The average molecular weight is 639 g/mol. The summed E-state index contributed by atoms with van der Waals surface area (Å²) in [6.45, 7) is 4.61. The molecule has 5 heteroatoms. The number of esters is 2. The van der Waals surface area contributed by atoms with E-state index in [0.29, 0.717) is 12.8 Å². The van der Waals surface area contributed by atoms with Crippen LogP contribution in [0.4, 0.5) is 0 Å². The molecule has 0 aromatic carbocycles. The van der Waals surface area contributed by atoms with Gasteiger partial charge in [0.25, 0.3) is 0 Å². The summed E-state index contributed by atoms with van der Waals surface area (Å²) in [5.41, 5.74) is 0. The quantitative estimate of drug-likeness (QED) is 0.0541. The highest BCUT2D eigenvalue weighted by Crippen LogP contribution is 2.15. The number of rotatable bonds is 37. The maximum atomic E-state index is 12.1. The van der Waals surface area contributed by atoms with Crippen molar-refractivity contribution in [1.82, 2.24) is 0 Å². The Morgan fingerprint density at radius 3 is 0.844 bits per heavy atom. The number of hydrogen-bond acceptors (Lipinski definition) is 5. The van der Waals surface area contributed by atoms with Gasteiger partial charge in [-0.15, -0.1) is 0 Å². The van der Waals surface area contributed by atoms with Crippen LogP contribution in [0.15, 0.2) is 0 Å². The third-order valence-electron chi connectivity index (χ3n) is 9.19. The first-order chi connectivity index (χ1) is 22.1. The predicted octanol–water partition coefficient (Wildman–Crippen LogP) is 12.2. The summed E-state index contributed by atoms with van der Waals surface area (Å²) in [5, 5.41) is 9.60. The zero-order chi connectivity index (χ0) is 32.9. The second kappa shape index (κ2) is 37.4. The Morgan fingerprint density at radius 1 is 0.400 bits per heavy atom. The molecule has 0 spiro atoms. The van der Waals surface area contributed by atoms with Gasteiger partial charge in [0.2, 0.25) is 0 Å². The van der Waals surface area contributed by atoms with Gasteiger partial charge in [-0.3, -0.25) is 9.59 Å². The summed E-state index contributed by atoms with van der Waals surface area (Å²) in [5.74, 6) is -0.778. The Bertz CT molecular complexity index is 557. The van der Waals surface area contributed by atoms with Gasteiger partial charge in [-0.1, -0.05) is 194 Å². The Hall–Kier alpha value is -1.10. The van der Waals surface area contributed by atoms with E-state index < -0.39 is 0 Å². The first-order valence-corrected chi connectivity index (χ1v) is 20.1. The van der Waals surface area contributed by atoms with Crippen molar-refractivity contribution in [1.29, 1.82) is 0 Å². The van der Waals surface area contributed by atoms with E-state index in [1.165, 1.54) is 167 Å². The second-order valence-corrected chi connectivity index (χ2v) is 13.8. The number of ether oxygens (including phenoxy) is 2. The van der Waals surface area contributed by atoms with E-state index in [1.54, 1.807) is 0 Å². The van der Waals surface area contributed by atoms with Gasteiger partial charge in [0.15, 0.2) is 0 Å². The van der Waals surface area contributed by atoms with Crippen LogP contribution >= 0.6 is 0 Å². The molecule has 0 unspecified atom stereocenters. The summed E-state index contributed by atoms with van der Waals surface area (Å²) in [6, 6.07) is 0. The molecule has 0 fully saturated rings. The van der Waals surface area contributed by atoms with Crippen molar-refractivity contribution in [2.75, 3.05) is 19.8 Å². The number of aliphatic hydroxyl groups excluding tert-OH is 1. The molecule has 1 N–H and O–H groups in total. The van der Waals surface area contributed by atoms with Crippen molar-refractivity contribution in [3.63, 3.8) is 0 Å². The lowest BCUT2D eigenvalue weighted by Crippen LogP contribution is -2.23. The molecule has 0 saturated heterocycles. The van der Waals surface area contributed by atoms with Crippen molar-refractivity contribution in [2.24, 2.45) is 5.92 Å². The number of hydrogen-bond donors (Lipinski definition) is 1. The van der Waals surface area contributed by atoms with Crippen LogP contribution in [0.3, 0.4) is 0 Å². The van der Waals surface area contributed by atoms with Gasteiger partial charge >= 0.3 is 11.9 Å². The Morgan fingerprint density at radius 2 is 0.622 bits per heavy atom. The normalized spacial score (nSPS) is 11.4. The average Bonchev–Trinajstić information content (AvgIpc) is 3.04. The Labute approximate surface area is 280 Å². The van der Waals surface area contributed by atoms with Gasteiger partial charge in [-0.25, -0.2) is 0 Å². The summed E-state index contributed by atoms with van der Waals surface area (Å²) >= 11 is 0. The molecular weight excluding hydrogens is 560 g/mol. The molecule has 268 valence electrons. The van der Waals surface area contributed by atoms with Gasteiger partial charge < -0.3 is 14.6 Å². The van der Waals surface area contributed by atoms with Crippen molar-refractivity contribution < 1.29 is 24.2 Å². The van der Waals surface area contributed by atoms with Gasteiger partial charge in [-0.2, -0.15) is 0 Å². The van der Waals surface area contributed by atoms with Crippen LogP contribution in [0.2, 0.25) is 0 Å². The molecule has 45 heavy (non-hydrogen) atoms. The van der Waals surface area contributed by atoms with Gasteiger partial charge in [0.1, 0.15) is 0 Å². The lowest BCUT2D eigenvalue weighted by atomic mass is 10.0. The van der Waals surface area contributed by atoms with E-state index in [2.05, 4.69) is 13.8 Å². The van der Waals surface area contributed by atoms with Crippen molar-refractivity contribution in [3.8, 4) is 0 Å². The van der Waals surface area contributed by atoms with Gasteiger partial charge in [-0.05, 0) is 12.8 Å². The summed E-state index contributed by atoms with van der Waals surface area (Å²) in [6.07, 6.45) is 39.9. The zero-order valence-electron chi connectivity index (χ0n) is 30.4. The first-order valence-electron chi connectivity index (χ1n) is 20.1. The van der Waals surface area contributed by atoms with Crippen LogP contribution < -0.4 is 0 Å². The molecule has 0 bridgehead atoms. The predicted molar refractivity (Wildman–Crippen MR) is 192 cm³/mol. The fourth-order valence-corrected chi connectivity index (χ4v) is 6.00. The SMILES string of the molecule is CCCCCCCCCCCCCCCCCC(=O)OCC(CO)COC(=O)CCCCCCCCCCCCCCCCC. The Balaban J connectivity index is 3.48. The van der Waals surface area contributed by atoms with Crippen LogP contribution in [0.5, 0.6) is 0 Å². The van der Waals surface area contributed by atoms with Crippen LogP contribution in [0.1, 0.15) is 219 Å². The molecule has 0 heterocycles. The highest BCUT2D eigenvalue weighted by atomic mass is 16.5. The van der Waals surface area contributed by atoms with Gasteiger partial charge in [0, 0.05) is 12.8 Å². The fraction of sp³-hybridized carbons (Fsp3) is 0.950. The lowest BCUT2D eigenvalue weighted by molar-refractivity contribution is -0.149. The van der Waals surface area contributed by atoms with Crippen molar-refractivity contribution in [3.05, 3.63) is 0 Å². The third-order valence-corrected chi connectivity index (χ3v) is 9.19. The van der Waals surface area contributed by atoms with E-state index in [9.17, 15) is 14.7 Å². The molecule has 0 rings (SSSR count). The van der Waals surface area contributed by atoms with E-state index in [1.807, 2.05) is 0 Å². The topological polar surface area (TPSA) is 72.8 Å². The van der Waals surface area contributed by atoms with E-state index in [-0.39, 0.29) is 37.7 Å². The summed E-state index contributed by atoms with van der Waals surface area (Å²) < 4.78 is 10.7. The van der Waals surface area contributed by atoms with Crippen molar-refractivity contribution >= 4 is 11.9 Å². The third kappa shape index (κ3) is 35.6. The molecule has 0 aromatic rings. The number of aliphatic hydroxyl groups is 1. The van der Waals surface area contributed by atoms with Gasteiger partial charge in [0.05, 0.1) is 25.7 Å². The minimum atomic E-state index is -0.347. The molecular formula is C40H78O5. The van der Waals surface area contributed by atoms with Crippen LogP contribution in [-0.2, 0) is 19.1 Å². The standard InChI is InChI=1S/C40H78O5/c1-3-5-7-9-11-13-15-17-19-21-23-25-27-29-31-33-39(42)44-36-38(35-41)37-45-40(43)34-32-30-28-26-24-22-20-18-16-14-12-10-8-6-4-2/h38,41H,3-37H2,1-2H3. The number of carbonyl (C=O) groups excluding carboxylic acids is 2. The number of unbranched alkanes of at least 4 members (excludes halogenated alkanes) is 28. The molecule has 0 atom stereocenters. The summed E-state index contributed by atoms with van der Waals surface area (Å²) in [7, 11) is 0. The summed E-state index contributed by atoms with van der Waals surface area (Å²) in [4.78, 5) is 24.2. The van der Waals surface area contributed by atoms with Crippen LogP contribution in [-0.4, -0.2) is 36.9 Å². The molecule has 0 aromatic heterocycles. The molecule has 0 aliphatic carbocycles. The van der Waals surface area contributed by atoms with Crippen LogP contribution in [0.25, 0.3) is 0 Å². The van der Waals surface area contributed by atoms with E-state index in [4.69, 9.17) is 9.47 Å². The second-order valence-electron chi connectivity index (χ2n) is 13.8. The lowest BCUT2D eigenvalue weighted by Gasteiger charge is -2.15. The molecule has 5 nitrogen and oxygen atoms in total. The molecule has 0 aliphatic rings. The molecule has 0 aliphatic heterocycles. The van der Waals surface area contributed by atoms with E-state index in [0.717, 1.165) is 25.7 Å². The minimum absolute atomic E-state index is 0.111. The fourth-order valence-electron chi connectivity index (χ4n) is 6.00. The largest absolute Gasteiger partial charge is 0.465 e. The molecule has 0 amide bonds. The van der Waals surface area contributed by atoms with Crippen molar-refractivity contribution in [2.45, 2.75) is 219 Å². The Kier molecular flexibility index (Phi) is 36.4. The molecule has 0 radical (unpaired) electrons. The maximum absolute atomic E-state index is 12.1. The number of carbonyl (C=O) groups is 2. The first kappa shape index (κ1) is 43.9. The molecule has 0 saturated carbocycles.